The third kappa shape index (κ3) is 5.57. The Labute approximate surface area is 183 Å². The molecule has 0 saturated heterocycles. The maximum absolute atomic E-state index is 13.3. The molecule has 1 N–H and O–H groups in total. The van der Waals surface area contributed by atoms with Crippen molar-refractivity contribution in [2.75, 3.05) is 21.3 Å². The Morgan fingerprint density at radius 1 is 0.806 bits per heavy atom. The van der Waals surface area contributed by atoms with Crippen LogP contribution in [0.25, 0.3) is 0 Å². The van der Waals surface area contributed by atoms with Crippen LogP contribution in [0.4, 0.5) is 0 Å². The van der Waals surface area contributed by atoms with Crippen LogP contribution in [0.5, 0.6) is 17.2 Å². The van der Waals surface area contributed by atoms with Crippen molar-refractivity contribution in [3.05, 3.63) is 83.4 Å². The van der Waals surface area contributed by atoms with Gasteiger partial charge in [-0.1, -0.05) is 30.3 Å². The van der Waals surface area contributed by atoms with Crippen molar-refractivity contribution >= 4 is 10.0 Å². The summed E-state index contributed by atoms with van der Waals surface area (Å²) in [6.07, 6.45) is 0.462. The molecular formula is C24H27NO5S. The molecule has 0 bridgehead atoms. The molecule has 3 aromatic carbocycles. The predicted octanol–water partition coefficient (Wildman–Crippen LogP) is 4.28. The molecule has 0 radical (unpaired) electrons. The maximum Gasteiger partial charge on any atom is 0.244 e. The zero-order chi connectivity index (χ0) is 22.4. The lowest BCUT2D eigenvalue weighted by Gasteiger charge is -2.21. The van der Waals surface area contributed by atoms with Crippen molar-refractivity contribution in [1.82, 2.24) is 4.72 Å². The highest BCUT2D eigenvalue weighted by molar-refractivity contribution is 7.89. The number of ether oxygens (including phenoxy) is 3. The van der Waals surface area contributed by atoms with Gasteiger partial charge in [-0.2, -0.15) is 0 Å². The fourth-order valence-corrected chi connectivity index (χ4v) is 4.78. The summed E-state index contributed by atoms with van der Waals surface area (Å²) >= 11 is 0. The average Bonchev–Trinajstić information content (AvgIpc) is 2.79. The van der Waals surface area contributed by atoms with Crippen LogP contribution in [0, 0.1) is 6.92 Å². The normalized spacial score (nSPS) is 12.3. The summed E-state index contributed by atoms with van der Waals surface area (Å²) in [5.74, 6) is 1.75. The SMILES string of the molecule is COc1ccc(CC(NS(=O)(=O)c2cc(C)ccc2OC)c2ccc(OC)cc2)cc1. The molecule has 1 unspecified atom stereocenters. The van der Waals surface area contributed by atoms with Crippen molar-refractivity contribution in [1.29, 1.82) is 0 Å². The Bertz CT molecular complexity index is 1110. The first kappa shape index (κ1) is 22.7. The van der Waals surface area contributed by atoms with Crippen LogP contribution in [-0.2, 0) is 16.4 Å². The quantitative estimate of drug-likeness (QED) is 0.536. The van der Waals surface area contributed by atoms with Crippen molar-refractivity contribution in [2.24, 2.45) is 0 Å². The van der Waals surface area contributed by atoms with Gasteiger partial charge in [-0.25, -0.2) is 13.1 Å². The summed E-state index contributed by atoms with van der Waals surface area (Å²) < 4.78 is 45.3. The minimum atomic E-state index is -3.85. The van der Waals surface area contributed by atoms with Gasteiger partial charge < -0.3 is 14.2 Å². The summed E-state index contributed by atoms with van der Waals surface area (Å²) in [6, 6.07) is 19.5. The van der Waals surface area contributed by atoms with Crippen LogP contribution >= 0.6 is 0 Å². The Morgan fingerprint density at radius 2 is 1.39 bits per heavy atom. The van der Waals surface area contributed by atoms with E-state index in [0.29, 0.717) is 17.9 Å². The molecule has 0 aliphatic heterocycles. The summed E-state index contributed by atoms with van der Waals surface area (Å²) in [7, 11) is 0.811. The molecule has 31 heavy (non-hydrogen) atoms. The number of rotatable bonds is 9. The van der Waals surface area contributed by atoms with E-state index in [1.165, 1.54) is 7.11 Å². The standard InChI is InChI=1S/C24H27NO5S/c1-17-5-14-23(30-4)24(15-17)31(26,27)25-22(19-8-12-21(29-3)13-9-19)16-18-6-10-20(28-2)11-7-18/h5-15,22,25H,16H2,1-4H3. The lowest BCUT2D eigenvalue weighted by atomic mass is 9.99. The van der Waals surface area contributed by atoms with Gasteiger partial charge in [0, 0.05) is 0 Å². The molecule has 164 valence electrons. The fraction of sp³-hybridized carbons (Fsp3) is 0.250. The van der Waals surface area contributed by atoms with Crippen LogP contribution in [-0.4, -0.2) is 29.7 Å². The van der Waals surface area contributed by atoms with Crippen LogP contribution in [0.15, 0.2) is 71.6 Å². The molecule has 6 nitrogen and oxygen atoms in total. The van der Waals surface area contributed by atoms with Crippen LogP contribution in [0.2, 0.25) is 0 Å². The first-order chi connectivity index (χ1) is 14.9. The number of methoxy groups -OCH3 is 3. The molecule has 0 aromatic heterocycles. The second-order valence-electron chi connectivity index (χ2n) is 7.15. The van der Waals surface area contributed by atoms with E-state index >= 15 is 0 Å². The van der Waals surface area contributed by atoms with Gasteiger partial charge >= 0.3 is 0 Å². The zero-order valence-electron chi connectivity index (χ0n) is 18.1. The second kappa shape index (κ2) is 9.85. The number of benzene rings is 3. The molecule has 1 atom stereocenters. The molecule has 0 aliphatic rings. The summed E-state index contributed by atoms with van der Waals surface area (Å²) in [5.41, 5.74) is 2.63. The third-order valence-electron chi connectivity index (χ3n) is 5.02. The predicted molar refractivity (Wildman–Crippen MR) is 120 cm³/mol. The van der Waals surface area contributed by atoms with Crippen molar-refractivity contribution in [2.45, 2.75) is 24.3 Å². The smallest absolute Gasteiger partial charge is 0.244 e. The first-order valence-corrected chi connectivity index (χ1v) is 11.3. The number of hydrogen-bond donors (Lipinski definition) is 1. The van der Waals surface area contributed by atoms with Crippen molar-refractivity contribution < 1.29 is 22.6 Å². The molecule has 7 heteroatoms. The molecule has 0 saturated carbocycles. The highest BCUT2D eigenvalue weighted by atomic mass is 32.2. The molecule has 3 rings (SSSR count). The highest BCUT2D eigenvalue weighted by Crippen LogP contribution is 2.29. The topological polar surface area (TPSA) is 73.9 Å². The lowest BCUT2D eigenvalue weighted by molar-refractivity contribution is 0.401. The van der Waals surface area contributed by atoms with Crippen LogP contribution in [0.1, 0.15) is 22.7 Å². The van der Waals surface area contributed by atoms with E-state index in [4.69, 9.17) is 14.2 Å². The number of hydrogen-bond acceptors (Lipinski definition) is 5. The molecule has 0 spiro atoms. The first-order valence-electron chi connectivity index (χ1n) is 9.80. The Hall–Kier alpha value is -3.03. The van der Waals surface area contributed by atoms with E-state index < -0.39 is 16.1 Å². The molecular weight excluding hydrogens is 414 g/mol. The summed E-state index contributed by atoms with van der Waals surface area (Å²) in [4.78, 5) is 0.114. The lowest BCUT2D eigenvalue weighted by Crippen LogP contribution is -2.30. The van der Waals surface area contributed by atoms with E-state index in [2.05, 4.69) is 4.72 Å². The van der Waals surface area contributed by atoms with E-state index in [1.807, 2.05) is 61.5 Å². The molecule has 0 amide bonds. The Morgan fingerprint density at radius 3 is 1.94 bits per heavy atom. The van der Waals surface area contributed by atoms with E-state index in [9.17, 15) is 8.42 Å². The molecule has 0 heterocycles. The average molecular weight is 442 g/mol. The second-order valence-corrected chi connectivity index (χ2v) is 8.84. The van der Waals surface area contributed by atoms with Gasteiger partial charge in [-0.05, 0) is 66.4 Å². The van der Waals surface area contributed by atoms with Gasteiger partial charge in [0.05, 0.1) is 27.4 Å². The fourth-order valence-electron chi connectivity index (χ4n) is 3.31. The molecule has 0 fully saturated rings. The Balaban J connectivity index is 1.97. The highest BCUT2D eigenvalue weighted by Gasteiger charge is 2.25. The number of sulfonamides is 1. The summed E-state index contributed by atoms with van der Waals surface area (Å²) in [5, 5.41) is 0. The van der Waals surface area contributed by atoms with Crippen molar-refractivity contribution in [3.8, 4) is 17.2 Å². The number of nitrogens with one attached hydrogen (secondary N) is 1. The Kier molecular flexibility index (Phi) is 7.20. The largest absolute Gasteiger partial charge is 0.497 e. The molecule has 3 aromatic rings. The van der Waals surface area contributed by atoms with Crippen LogP contribution in [0.3, 0.4) is 0 Å². The van der Waals surface area contributed by atoms with Gasteiger partial charge in [0.25, 0.3) is 0 Å². The minimum absolute atomic E-state index is 0.114. The van der Waals surface area contributed by atoms with Gasteiger partial charge in [0.15, 0.2) is 0 Å². The van der Waals surface area contributed by atoms with Gasteiger partial charge in [0.1, 0.15) is 22.1 Å². The van der Waals surface area contributed by atoms with Crippen LogP contribution < -0.4 is 18.9 Å². The zero-order valence-corrected chi connectivity index (χ0v) is 18.9. The van der Waals surface area contributed by atoms with E-state index in [-0.39, 0.29) is 4.90 Å². The van der Waals surface area contributed by atoms with E-state index in [1.54, 1.807) is 26.4 Å². The third-order valence-corrected chi connectivity index (χ3v) is 6.52. The van der Waals surface area contributed by atoms with Gasteiger partial charge in [-0.3, -0.25) is 0 Å². The van der Waals surface area contributed by atoms with Gasteiger partial charge in [0.2, 0.25) is 10.0 Å². The minimum Gasteiger partial charge on any atom is -0.497 e. The van der Waals surface area contributed by atoms with Gasteiger partial charge in [-0.15, -0.1) is 0 Å². The van der Waals surface area contributed by atoms with E-state index in [0.717, 1.165) is 22.4 Å². The summed E-state index contributed by atoms with van der Waals surface area (Å²) in [6.45, 7) is 1.84. The monoisotopic (exact) mass is 441 g/mol. The maximum atomic E-state index is 13.3. The van der Waals surface area contributed by atoms with Crippen molar-refractivity contribution in [3.63, 3.8) is 0 Å². The number of aryl methyl sites for hydroxylation is 1. The molecule has 0 aliphatic carbocycles.